The Balaban J connectivity index is 2.60. The highest BCUT2D eigenvalue weighted by Gasteiger charge is 2.10. The fourth-order valence-electron chi connectivity index (χ4n) is 1.98. The summed E-state index contributed by atoms with van der Waals surface area (Å²) in [7, 11) is 1.56. The van der Waals surface area contributed by atoms with Gasteiger partial charge in [-0.3, -0.25) is 4.98 Å². The molecule has 0 aromatic carbocycles. The smallest absolute Gasteiger partial charge is 0.232 e. The van der Waals surface area contributed by atoms with Crippen molar-refractivity contribution < 1.29 is 4.74 Å². The topological polar surface area (TPSA) is 35.0 Å². The molecule has 0 atom stereocenters. The first-order valence-electron chi connectivity index (χ1n) is 5.68. The van der Waals surface area contributed by atoms with Crippen LogP contribution in [0, 0.1) is 20.8 Å². The zero-order valence-electron chi connectivity index (χ0n) is 10.9. The predicted molar refractivity (Wildman–Crippen MR) is 73.2 cm³/mol. The number of pyridine rings is 2. The Labute approximate surface area is 112 Å². The molecule has 94 valence electrons. The van der Waals surface area contributed by atoms with Gasteiger partial charge in [0.25, 0.3) is 0 Å². The van der Waals surface area contributed by atoms with Gasteiger partial charge in [-0.2, -0.15) is 0 Å². The van der Waals surface area contributed by atoms with E-state index in [1.807, 2.05) is 39.0 Å². The Morgan fingerprint density at radius 2 is 1.61 bits per heavy atom. The number of methoxy groups -OCH3 is 1. The van der Waals surface area contributed by atoms with Crippen LogP contribution >= 0.6 is 11.6 Å². The highest BCUT2D eigenvalue weighted by atomic mass is 35.5. The lowest BCUT2D eigenvalue weighted by Gasteiger charge is -2.10. The van der Waals surface area contributed by atoms with Gasteiger partial charge in [-0.15, -0.1) is 0 Å². The molecular weight excluding hydrogens is 248 g/mol. The maximum atomic E-state index is 6.13. The molecule has 2 rings (SSSR count). The highest BCUT2D eigenvalue weighted by molar-refractivity contribution is 6.32. The minimum atomic E-state index is 0.459. The number of aromatic nitrogens is 2. The van der Waals surface area contributed by atoms with Gasteiger partial charge in [0.15, 0.2) is 0 Å². The van der Waals surface area contributed by atoms with Gasteiger partial charge in [-0.05, 0) is 44.5 Å². The summed E-state index contributed by atoms with van der Waals surface area (Å²) < 4.78 is 5.11. The Bertz CT molecular complexity index is 576. The van der Waals surface area contributed by atoms with Crippen LogP contribution in [0.1, 0.15) is 17.1 Å². The second-order valence-corrected chi connectivity index (χ2v) is 4.66. The first kappa shape index (κ1) is 12.8. The summed E-state index contributed by atoms with van der Waals surface area (Å²) in [6, 6.07) is 5.94. The van der Waals surface area contributed by atoms with E-state index in [4.69, 9.17) is 16.3 Å². The molecule has 0 spiro atoms. The average molecular weight is 263 g/mol. The molecule has 0 saturated heterocycles. The maximum Gasteiger partial charge on any atom is 0.232 e. The maximum absolute atomic E-state index is 6.13. The van der Waals surface area contributed by atoms with Crippen LogP contribution in [0.15, 0.2) is 18.2 Å². The van der Waals surface area contributed by atoms with Crippen LogP contribution in [-0.2, 0) is 0 Å². The van der Waals surface area contributed by atoms with E-state index in [9.17, 15) is 0 Å². The van der Waals surface area contributed by atoms with Crippen molar-refractivity contribution in [3.8, 4) is 17.0 Å². The molecule has 4 heteroatoms. The number of ether oxygens (including phenoxy) is 1. The van der Waals surface area contributed by atoms with Crippen LogP contribution in [0.5, 0.6) is 5.88 Å². The third-order valence-corrected chi connectivity index (χ3v) is 2.99. The number of aryl methyl sites for hydroxylation is 3. The lowest BCUT2D eigenvalue weighted by atomic mass is 10.0. The Morgan fingerprint density at radius 3 is 2.17 bits per heavy atom. The summed E-state index contributed by atoms with van der Waals surface area (Å²) >= 11 is 6.13. The number of nitrogens with zero attached hydrogens (tertiary/aromatic N) is 2. The fraction of sp³-hybridized carbons (Fsp3) is 0.286. The van der Waals surface area contributed by atoms with E-state index in [0.717, 1.165) is 28.2 Å². The second kappa shape index (κ2) is 4.94. The largest absolute Gasteiger partial charge is 0.480 e. The van der Waals surface area contributed by atoms with E-state index in [2.05, 4.69) is 9.97 Å². The number of halogens is 1. The van der Waals surface area contributed by atoms with Crippen LogP contribution in [-0.4, -0.2) is 17.1 Å². The molecule has 0 bridgehead atoms. The molecule has 3 nitrogen and oxygen atoms in total. The highest BCUT2D eigenvalue weighted by Crippen LogP contribution is 2.31. The summed E-state index contributed by atoms with van der Waals surface area (Å²) in [6.07, 6.45) is 0. The van der Waals surface area contributed by atoms with E-state index in [1.165, 1.54) is 0 Å². The molecule has 0 fully saturated rings. The van der Waals surface area contributed by atoms with Crippen LogP contribution < -0.4 is 4.74 Å². The number of hydrogen-bond acceptors (Lipinski definition) is 3. The molecule has 0 radical (unpaired) electrons. The second-order valence-electron chi connectivity index (χ2n) is 4.25. The molecule has 2 aromatic heterocycles. The van der Waals surface area contributed by atoms with Crippen molar-refractivity contribution in [1.29, 1.82) is 0 Å². The van der Waals surface area contributed by atoms with Crippen LogP contribution in [0.3, 0.4) is 0 Å². The van der Waals surface area contributed by atoms with Crippen LogP contribution in [0.4, 0.5) is 0 Å². The zero-order chi connectivity index (χ0) is 13.3. The number of hydrogen-bond donors (Lipinski definition) is 0. The van der Waals surface area contributed by atoms with Gasteiger partial charge in [-0.25, -0.2) is 4.98 Å². The molecule has 0 N–H and O–H groups in total. The summed E-state index contributed by atoms with van der Waals surface area (Å²) in [4.78, 5) is 8.72. The van der Waals surface area contributed by atoms with E-state index < -0.39 is 0 Å². The van der Waals surface area contributed by atoms with Crippen molar-refractivity contribution in [2.24, 2.45) is 0 Å². The van der Waals surface area contributed by atoms with Crippen molar-refractivity contribution in [3.05, 3.63) is 40.3 Å². The lowest BCUT2D eigenvalue weighted by Crippen LogP contribution is -1.95. The fourth-order valence-corrected chi connectivity index (χ4v) is 2.21. The van der Waals surface area contributed by atoms with Gasteiger partial charge in [0.1, 0.15) is 5.02 Å². The lowest BCUT2D eigenvalue weighted by molar-refractivity contribution is 0.397. The van der Waals surface area contributed by atoms with Gasteiger partial charge in [0.05, 0.1) is 7.11 Å². The molecule has 0 unspecified atom stereocenters. The van der Waals surface area contributed by atoms with Gasteiger partial charge in [0.2, 0.25) is 5.88 Å². The van der Waals surface area contributed by atoms with E-state index in [-0.39, 0.29) is 0 Å². The average Bonchev–Trinajstić information content (AvgIpc) is 2.30. The number of rotatable bonds is 2. The molecule has 0 aliphatic carbocycles. The Hall–Kier alpha value is -1.61. The van der Waals surface area contributed by atoms with E-state index >= 15 is 0 Å². The minimum absolute atomic E-state index is 0.459. The standard InChI is InChI=1S/C14H15ClN2O/c1-8-5-11(6-9(2)16-8)12-7-13(15)14(18-4)17-10(12)3/h5-7H,1-4H3. The van der Waals surface area contributed by atoms with Gasteiger partial charge in [0, 0.05) is 22.6 Å². The van der Waals surface area contributed by atoms with E-state index in [1.54, 1.807) is 7.11 Å². The van der Waals surface area contributed by atoms with Crippen molar-refractivity contribution in [2.75, 3.05) is 7.11 Å². The third kappa shape index (κ3) is 2.46. The molecular formula is C14H15ClN2O. The van der Waals surface area contributed by atoms with Gasteiger partial charge >= 0.3 is 0 Å². The molecule has 2 aromatic rings. The quantitative estimate of drug-likeness (QED) is 0.827. The zero-order valence-corrected chi connectivity index (χ0v) is 11.7. The SMILES string of the molecule is COc1nc(C)c(-c2cc(C)nc(C)c2)cc1Cl. The van der Waals surface area contributed by atoms with Crippen molar-refractivity contribution in [2.45, 2.75) is 20.8 Å². The monoisotopic (exact) mass is 262 g/mol. The summed E-state index contributed by atoms with van der Waals surface area (Å²) in [5, 5.41) is 0.519. The molecule has 0 aliphatic rings. The minimum Gasteiger partial charge on any atom is -0.480 e. The molecule has 0 aliphatic heterocycles. The third-order valence-electron chi connectivity index (χ3n) is 2.72. The van der Waals surface area contributed by atoms with Crippen LogP contribution in [0.2, 0.25) is 5.02 Å². The first-order chi connectivity index (χ1) is 8.51. The van der Waals surface area contributed by atoms with Crippen molar-refractivity contribution in [1.82, 2.24) is 9.97 Å². The molecule has 0 amide bonds. The molecule has 18 heavy (non-hydrogen) atoms. The Kier molecular flexibility index (Phi) is 3.53. The van der Waals surface area contributed by atoms with Crippen LogP contribution in [0.25, 0.3) is 11.1 Å². The van der Waals surface area contributed by atoms with E-state index in [0.29, 0.717) is 10.9 Å². The van der Waals surface area contributed by atoms with Gasteiger partial charge < -0.3 is 4.74 Å². The Morgan fingerprint density at radius 1 is 1.00 bits per heavy atom. The summed E-state index contributed by atoms with van der Waals surface area (Å²) in [6.45, 7) is 5.90. The normalized spacial score (nSPS) is 10.5. The van der Waals surface area contributed by atoms with Crippen molar-refractivity contribution in [3.63, 3.8) is 0 Å². The summed E-state index contributed by atoms with van der Waals surface area (Å²) in [5.41, 5.74) is 4.94. The summed E-state index contributed by atoms with van der Waals surface area (Å²) in [5.74, 6) is 0.459. The first-order valence-corrected chi connectivity index (χ1v) is 6.06. The molecule has 0 saturated carbocycles. The predicted octanol–water partition coefficient (Wildman–Crippen LogP) is 3.73. The molecule has 2 heterocycles. The van der Waals surface area contributed by atoms with Crippen molar-refractivity contribution >= 4 is 11.6 Å². The van der Waals surface area contributed by atoms with Gasteiger partial charge in [-0.1, -0.05) is 11.6 Å².